The van der Waals surface area contributed by atoms with Crippen LogP contribution in [0.25, 0.3) is 11.3 Å². The van der Waals surface area contributed by atoms with Crippen molar-refractivity contribution < 1.29 is 4.74 Å². The Morgan fingerprint density at radius 3 is 3.20 bits per heavy atom. The number of pyridine rings is 1. The van der Waals surface area contributed by atoms with Gasteiger partial charge in [-0.1, -0.05) is 0 Å². The van der Waals surface area contributed by atoms with Crippen LogP contribution in [-0.4, -0.2) is 29.3 Å². The summed E-state index contributed by atoms with van der Waals surface area (Å²) in [6.45, 7) is 1.42. The minimum Gasteiger partial charge on any atom is -0.376 e. The second kappa shape index (κ2) is 5.76. The normalized spacial score (nSPS) is 18.4. The van der Waals surface area contributed by atoms with E-state index in [1.54, 1.807) is 4.57 Å². The Morgan fingerprint density at radius 2 is 2.50 bits per heavy atom. The highest BCUT2D eigenvalue weighted by molar-refractivity contribution is 7.14. The van der Waals surface area contributed by atoms with Gasteiger partial charge in [-0.15, -0.1) is 11.3 Å². The van der Waals surface area contributed by atoms with Gasteiger partial charge in [0.05, 0.1) is 23.9 Å². The van der Waals surface area contributed by atoms with Crippen LogP contribution >= 0.6 is 11.3 Å². The Morgan fingerprint density at radius 1 is 1.60 bits per heavy atom. The zero-order valence-corrected chi connectivity index (χ0v) is 12.2. The summed E-state index contributed by atoms with van der Waals surface area (Å²) in [5, 5.41) is 5.70. The first kappa shape index (κ1) is 13.3. The topological polar surface area (TPSA) is 56.1 Å². The van der Waals surface area contributed by atoms with Gasteiger partial charge in [-0.2, -0.15) is 0 Å². The molecule has 1 atom stereocenters. The average molecular weight is 291 g/mol. The lowest BCUT2D eigenvalue weighted by Gasteiger charge is -2.12. The molecule has 1 aliphatic rings. The van der Waals surface area contributed by atoms with Gasteiger partial charge in [-0.25, -0.2) is 4.98 Å². The molecule has 106 valence electrons. The maximum absolute atomic E-state index is 12.5. The quantitative estimate of drug-likeness (QED) is 0.938. The molecule has 1 unspecified atom stereocenters. The van der Waals surface area contributed by atoms with Crippen LogP contribution < -0.4 is 10.9 Å². The molecule has 2 aromatic rings. The van der Waals surface area contributed by atoms with Gasteiger partial charge in [-0.05, 0) is 25.0 Å². The van der Waals surface area contributed by atoms with Gasteiger partial charge >= 0.3 is 0 Å². The van der Waals surface area contributed by atoms with Crippen molar-refractivity contribution in [2.45, 2.75) is 25.5 Å². The predicted octanol–water partition coefficient (Wildman–Crippen LogP) is 2.19. The first-order valence-electron chi connectivity index (χ1n) is 6.72. The number of aromatic nitrogens is 2. The lowest BCUT2D eigenvalue weighted by molar-refractivity contribution is 0.0962. The molecule has 0 amide bonds. The maximum Gasteiger partial charge on any atom is 0.260 e. The summed E-state index contributed by atoms with van der Waals surface area (Å²) in [6, 6.07) is 3.72. The Labute approximate surface area is 121 Å². The van der Waals surface area contributed by atoms with Crippen molar-refractivity contribution in [2.24, 2.45) is 0 Å². The van der Waals surface area contributed by atoms with Gasteiger partial charge in [0.1, 0.15) is 0 Å². The van der Waals surface area contributed by atoms with Crippen LogP contribution in [0.4, 0.5) is 5.13 Å². The molecular formula is C14H17N3O2S. The fourth-order valence-corrected chi connectivity index (χ4v) is 3.07. The molecule has 0 saturated carbocycles. The second-order valence-electron chi connectivity index (χ2n) is 4.80. The third-order valence-corrected chi connectivity index (χ3v) is 4.30. The second-order valence-corrected chi connectivity index (χ2v) is 5.66. The van der Waals surface area contributed by atoms with Crippen molar-refractivity contribution in [1.29, 1.82) is 0 Å². The van der Waals surface area contributed by atoms with Gasteiger partial charge in [0, 0.05) is 25.2 Å². The highest BCUT2D eigenvalue weighted by atomic mass is 32.1. The van der Waals surface area contributed by atoms with E-state index in [-0.39, 0.29) is 11.7 Å². The Hall–Kier alpha value is -1.66. The third kappa shape index (κ3) is 2.62. The molecule has 0 radical (unpaired) electrons. The highest BCUT2D eigenvalue weighted by Crippen LogP contribution is 2.22. The monoisotopic (exact) mass is 291 g/mol. The molecule has 0 bridgehead atoms. The zero-order valence-electron chi connectivity index (χ0n) is 11.3. The minimum absolute atomic E-state index is 0.00375. The number of thiazole rings is 1. The van der Waals surface area contributed by atoms with Crippen LogP contribution in [0.3, 0.4) is 0 Å². The van der Waals surface area contributed by atoms with E-state index in [4.69, 9.17) is 4.74 Å². The molecular weight excluding hydrogens is 274 g/mol. The largest absolute Gasteiger partial charge is 0.376 e. The standard InChI is InChI=1S/C14H17N3O2S/c1-15-14-16-12(9-20-14)11-5-2-6-17(13(11)18)8-10-4-3-7-19-10/h2,5-6,9-10H,3-4,7-8H2,1H3,(H,15,16). The fourth-order valence-electron chi connectivity index (χ4n) is 2.40. The molecule has 1 fully saturated rings. The number of nitrogens with one attached hydrogen (secondary N) is 1. The van der Waals surface area contributed by atoms with Crippen LogP contribution in [-0.2, 0) is 11.3 Å². The minimum atomic E-state index is -0.00375. The SMILES string of the molecule is CNc1nc(-c2cccn(CC3CCCO3)c2=O)cs1. The van der Waals surface area contributed by atoms with Crippen molar-refractivity contribution in [3.8, 4) is 11.3 Å². The molecule has 20 heavy (non-hydrogen) atoms. The summed E-state index contributed by atoms with van der Waals surface area (Å²) in [7, 11) is 1.82. The molecule has 3 rings (SSSR count). The number of hydrogen-bond acceptors (Lipinski definition) is 5. The van der Waals surface area contributed by atoms with Crippen molar-refractivity contribution in [3.63, 3.8) is 0 Å². The van der Waals surface area contributed by atoms with Crippen LogP contribution in [0.5, 0.6) is 0 Å². The van der Waals surface area contributed by atoms with E-state index in [2.05, 4.69) is 10.3 Å². The molecule has 2 aromatic heterocycles. The van der Waals surface area contributed by atoms with E-state index in [1.807, 2.05) is 30.8 Å². The van der Waals surface area contributed by atoms with Crippen LogP contribution in [0.2, 0.25) is 0 Å². The molecule has 6 heteroatoms. The number of ether oxygens (including phenoxy) is 1. The molecule has 1 saturated heterocycles. The van der Waals surface area contributed by atoms with Crippen molar-refractivity contribution >= 4 is 16.5 Å². The summed E-state index contributed by atoms with van der Waals surface area (Å²) in [5.41, 5.74) is 1.37. The van der Waals surface area contributed by atoms with Gasteiger partial charge < -0.3 is 14.6 Å². The Kier molecular flexibility index (Phi) is 3.84. The Balaban J connectivity index is 1.90. The number of anilines is 1. The fraction of sp³-hybridized carbons (Fsp3) is 0.429. The zero-order chi connectivity index (χ0) is 13.9. The molecule has 1 aliphatic heterocycles. The summed E-state index contributed by atoms with van der Waals surface area (Å²) < 4.78 is 7.32. The molecule has 0 aliphatic carbocycles. The van der Waals surface area contributed by atoms with E-state index < -0.39 is 0 Å². The lowest BCUT2D eigenvalue weighted by Crippen LogP contribution is -2.26. The van der Waals surface area contributed by atoms with E-state index >= 15 is 0 Å². The predicted molar refractivity (Wildman–Crippen MR) is 80.3 cm³/mol. The average Bonchev–Trinajstić information content (AvgIpc) is 3.12. The van der Waals surface area contributed by atoms with Gasteiger partial charge in [0.15, 0.2) is 5.13 Å². The summed E-state index contributed by atoms with van der Waals surface area (Å²) in [4.78, 5) is 16.9. The van der Waals surface area contributed by atoms with E-state index in [9.17, 15) is 4.79 Å². The Bertz CT molecular complexity index is 644. The van der Waals surface area contributed by atoms with Gasteiger partial charge in [0.2, 0.25) is 0 Å². The molecule has 3 heterocycles. The smallest absolute Gasteiger partial charge is 0.260 e. The van der Waals surface area contributed by atoms with Crippen molar-refractivity contribution in [3.05, 3.63) is 34.1 Å². The summed E-state index contributed by atoms with van der Waals surface area (Å²) in [6.07, 6.45) is 4.08. The van der Waals surface area contributed by atoms with E-state index in [0.717, 1.165) is 30.3 Å². The maximum atomic E-state index is 12.5. The summed E-state index contributed by atoms with van der Waals surface area (Å²) in [5.74, 6) is 0. The van der Waals surface area contributed by atoms with E-state index in [1.165, 1.54) is 11.3 Å². The highest BCUT2D eigenvalue weighted by Gasteiger charge is 2.17. The van der Waals surface area contributed by atoms with Crippen LogP contribution in [0.1, 0.15) is 12.8 Å². The van der Waals surface area contributed by atoms with Gasteiger partial charge in [-0.3, -0.25) is 4.79 Å². The summed E-state index contributed by atoms with van der Waals surface area (Å²) >= 11 is 1.50. The van der Waals surface area contributed by atoms with Crippen LogP contribution in [0, 0.1) is 0 Å². The number of hydrogen-bond donors (Lipinski definition) is 1. The number of rotatable bonds is 4. The molecule has 0 spiro atoms. The molecule has 0 aromatic carbocycles. The van der Waals surface area contributed by atoms with Gasteiger partial charge in [0.25, 0.3) is 5.56 Å². The van der Waals surface area contributed by atoms with Crippen molar-refractivity contribution in [1.82, 2.24) is 9.55 Å². The number of nitrogens with zero attached hydrogens (tertiary/aromatic N) is 2. The molecule has 1 N–H and O–H groups in total. The van der Waals surface area contributed by atoms with Crippen LogP contribution in [0.15, 0.2) is 28.5 Å². The van der Waals surface area contributed by atoms with E-state index in [0.29, 0.717) is 12.1 Å². The first-order valence-corrected chi connectivity index (χ1v) is 7.60. The first-order chi connectivity index (χ1) is 9.78. The lowest BCUT2D eigenvalue weighted by atomic mass is 10.2. The third-order valence-electron chi connectivity index (χ3n) is 3.44. The van der Waals surface area contributed by atoms with Crippen molar-refractivity contribution in [2.75, 3.05) is 19.0 Å². The molecule has 5 nitrogen and oxygen atoms in total.